The first-order chi connectivity index (χ1) is 8.86. The Kier molecular flexibility index (Phi) is 4.13. The number of carbonyl (C=O) groups excluding carboxylic acids is 1. The maximum absolute atomic E-state index is 12.2. The fourth-order valence-corrected chi connectivity index (χ4v) is 3.15. The van der Waals surface area contributed by atoms with Crippen LogP contribution in [0.4, 0.5) is 9.93 Å². The first-order valence-corrected chi connectivity index (χ1v) is 7.76. The molecule has 19 heavy (non-hydrogen) atoms. The second-order valence-corrected chi connectivity index (χ2v) is 7.27. The number of aromatic nitrogens is 1. The maximum atomic E-state index is 12.2. The third kappa shape index (κ3) is 3.69. The number of nitrogens with zero attached hydrogens (tertiary/aromatic N) is 2. The van der Waals surface area contributed by atoms with E-state index in [9.17, 15) is 4.79 Å². The fraction of sp³-hybridized carbons (Fsp3) is 0.714. The second-order valence-electron chi connectivity index (χ2n) is 6.41. The molecule has 1 aromatic heterocycles. The SMILES string of the molecule is CC1CCCN(C(=O)Nc2nc(C(C)(C)C)cs2)C1. The molecule has 0 aliphatic carbocycles. The molecule has 2 amide bonds. The molecular formula is C14H23N3OS. The van der Waals surface area contributed by atoms with Gasteiger partial charge in [-0.15, -0.1) is 11.3 Å². The highest BCUT2D eigenvalue weighted by molar-refractivity contribution is 7.13. The number of piperidine rings is 1. The summed E-state index contributed by atoms with van der Waals surface area (Å²) in [5, 5.41) is 5.64. The Bertz CT molecular complexity index is 450. The van der Waals surface area contributed by atoms with E-state index < -0.39 is 0 Å². The first kappa shape index (κ1) is 14.3. The highest BCUT2D eigenvalue weighted by Crippen LogP contribution is 2.26. The van der Waals surface area contributed by atoms with Crippen LogP contribution in [-0.2, 0) is 5.41 Å². The van der Waals surface area contributed by atoms with Gasteiger partial charge in [0.2, 0.25) is 0 Å². The second kappa shape index (κ2) is 5.49. The molecule has 1 unspecified atom stereocenters. The average Bonchev–Trinajstić information content (AvgIpc) is 2.77. The van der Waals surface area contributed by atoms with Crippen LogP contribution in [-0.4, -0.2) is 29.0 Å². The normalized spacial score (nSPS) is 20.4. The van der Waals surface area contributed by atoms with Crippen LogP contribution in [0, 0.1) is 5.92 Å². The lowest BCUT2D eigenvalue weighted by molar-refractivity contribution is 0.182. The molecule has 1 aromatic rings. The first-order valence-electron chi connectivity index (χ1n) is 6.88. The maximum Gasteiger partial charge on any atom is 0.323 e. The number of nitrogens with one attached hydrogen (secondary N) is 1. The fourth-order valence-electron chi connectivity index (χ4n) is 2.22. The molecule has 5 heteroatoms. The molecular weight excluding hydrogens is 258 g/mol. The van der Waals surface area contributed by atoms with Crippen LogP contribution in [0.2, 0.25) is 0 Å². The number of likely N-dealkylation sites (tertiary alicyclic amines) is 1. The van der Waals surface area contributed by atoms with Gasteiger partial charge in [-0.1, -0.05) is 27.7 Å². The molecule has 0 radical (unpaired) electrons. The molecule has 0 saturated carbocycles. The number of thiazole rings is 1. The van der Waals surface area contributed by atoms with E-state index in [1.54, 1.807) is 0 Å². The van der Waals surface area contributed by atoms with Crippen LogP contribution < -0.4 is 5.32 Å². The van der Waals surface area contributed by atoms with E-state index in [4.69, 9.17) is 0 Å². The van der Waals surface area contributed by atoms with Crippen molar-refractivity contribution in [1.29, 1.82) is 0 Å². The van der Waals surface area contributed by atoms with Gasteiger partial charge in [0, 0.05) is 23.9 Å². The van der Waals surface area contributed by atoms with E-state index in [-0.39, 0.29) is 11.4 Å². The van der Waals surface area contributed by atoms with Crippen molar-refractivity contribution in [2.24, 2.45) is 5.92 Å². The largest absolute Gasteiger partial charge is 0.324 e. The van der Waals surface area contributed by atoms with Crippen LogP contribution in [0.15, 0.2) is 5.38 Å². The number of hydrogen-bond acceptors (Lipinski definition) is 3. The van der Waals surface area contributed by atoms with Gasteiger partial charge in [0.1, 0.15) is 0 Å². The summed E-state index contributed by atoms with van der Waals surface area (Å²) in [6, 6.07) is -0.0126. The molecule has 4 nitrogen and oxygen atoms in total. The van der Waals surface area contributed by atoms with Gasteiger partial charge in [0.05, 0.1) is 5.69 Å². The van der Waals surface area contributed by atoms with E-state index in [1.165, 1.54) is 17.8 Å². The third-order valence-corrected chi connectivity index (χ3v) is 4.19. The zero-order valence-corrected chi connectivity index (χ0v) is 13.0. The predicted molar refractivity (Wildman–Crippen MR) is 79.8 cm³/mol. The minimum absolute atomic E-state index is 0.0126. The molecule has 1 fully saturated rings. The Labute approximate surface area is 119 Å². The molecule has 2 rings (SSSR count). The van der Waals surface area contributed by atoms with Gasteiger partial charge < -0.3 is 4.90 Å². The number of anilines is 1. The minimum atomic E-state index is -0.0126. The summed E-state index contributed by atoms with van der Waals surface area (Å²) in [6.45, 7) is 10.3. The van der Waals surface area contributed by atoms with Crippen molar-refractivity contribution in [3.63, 3.8) is 0 Å². The number of amides is 2. The zero-order chi connectivity index (χ0) is 14.0. The van der Waals surface area contributed by atoms with Gasteiger partial charge >= 0.3 is 6.03 Å². The van der Waals surface area contributed by atoms with Crippen molar-refractivity contribution in [2.45, 2.75) is 46.0 Å². The van der Waals surface area contributed by atoms with Crippen LogP contribution >= 0.6 is 11.3 Å². The lowest BCUT2D eigenvalue weighted by Gasteiger charge is -2.30. The van der Waals surface area contributed by atoms with Crippen molar-refractivity contribution in [2.75, 3.05) is 18.4 Å². The number of hydrogen-bond donors (Lipinski definition) is 1. The van der Waals surface area contributed by atoms with Crippen LogP contribution in [0.3, 0.4) is 0 Å². The standard InChI is InChI=1S/C14H23N3OS/c1-10-6-5-7-17(8-10)13(18)16-12-15-11(9-19-12)14(2,3)4/h9-10H,5-8H2,1-4H3,(H,15,16,18). The Morgan fingerprint density at radius 1 is 1.53 bits per heavy atom. The van der Waals surface area contributed by atoms with Gasteiger partial charge in [-0.25, -0.2) is 9.78 Å². The number of rotatable bonds is 1. The molecule has 0 aromatic carbocycles. The molecule has 0 spiro atoms. The summed E-state index contributed by atoms with van der Waals surface area (Å²) < 4.78 is 0. The zero-order valence-electron chi connectivity index (χ0n) is 12.2. The van der Waals surface area contributed by atoms with Crippen LogP contribution in [0.25, 0.3) is 0 Å². The highest BCUT2D eigenvalue weighted by atomic mass is 32.1. The lowest BCUT2D eigenvalue weighted by Crippen LogP contribution is -2.41. The van der Waals surface area contributed by atoms with E-state index in [2.05, 4.69) is 38.0 Å². The molecule has 1 atom stereocenters. The quantitative estimate of drug-likeness (QED) is 0.853. The lowest BCUT2D eigenvalue weighted by atomic mass is 9.93. The van der Waals surface area contributed by atoms with E-state index in [0.717, 1.165) is 25.2 Å². The third-order valence-electron chi connectivity index (χ3n) is 3.43. The summed E-state index contributed by atoms with van der Waals surface area (Å²) in [7, 11) is 0. The van der Waals surface area contributed by atoms with Gasteiger partial charge in [0.15, 0.2) is 5.13 Å². The molecule has 1 aliphatic rings. The minimum Gasteiger partial charge on any atom is -0.324 e. The summed E-state index contributed by atoms with van der Waals surface area (Å²) in [5.74, 6) is 0.598. The topological polar surface area (TPSA) is 45.2 Å². The Hall–Kier alpha value is -1.10. The molecule has 0 bridgehead atoms. The molecule has 2 heterocycles. The van der Waals surface area contributed by atoms with Crippen molar-refractivity contribution in [3.8, 4) is 0 Å². The van der Waals surface area contributed by atoms with E-state index in [0.29, 0.717) is 11.0 Å². The van der Waals surface area contributed by atoms with Gasteiger partial charge in [-0.3, -0.25) is 5.32 Å². The number of urea groups is 1. The van der Waals surface area contributed by atoms with E-state index in [1.807, 2.05) is 10.3 Å². The average molecular weight is 281 g/mol. The predicted octanol–water partition coefficient (Wildman–Crippen LogP) is 3.70. The van der Waals surface area contributed by atoms with Crippen LogP contribution in [0.5, 0.6) is 0 Å². The van der Waals surface area contributed by atoms with Gasteiger partial charge in [-0.05, 0) is 18.8 Å². The van der Waals surface area contributed by atoms with Crippen molar-refractivity contribution in [3.05, 3.63) is 11.1 Å². The summed E-state index contributed by atoms with van der Waals surface area (Å²) in [6.07, 6.45) is 2.31. The van der Waals surface area contributed by atoms with Crippen molar-refractivity contribution in [1.82, 2.24) is 9.88 Å². The summed E-state index contributed by atoms with van der Waals surface area (Å²) >= 11 is 1.50. The molecule has 106 valence electrons. The molecule has 1 N–H and O–H groups in total. The Morgan fingerprint density at radius 3 is 2.84 bits per heavy atom. The molecule has 1 aliphatic heterocycles. The Balaban J connectivity index is 1.97. The highest BCUT2D eigenvalue weighted by Gasteiger charge is 2.22. The monoisotopic (exact) mass is 281 g/mol. The smallest absolute Gasteiger partial charge is 0.323 e. The summed E-state index contributed by atoms with van der Waals surface area (Å²) in [5.41, 5.74) is 1.05. The van der Waals surface area contributed by atoms with Crippen LogP contribution in [0.1, 0.15) is 46.2 Å². The molecule has 1 saturated heterocycles. The Morgan fingerprint density at radius 2 is 2.26 bits per heavy atom. The summed E-state index contributed by atoms with van der Waals surface area (Å²) in [4.78, 5) is 18.5. The van der Waals surface area contributed by atoms with Gasteiger partial charge in [0.25, 0.3) is 0 Å². The van der Waals surface area contributed by atoms with Gasteiger partial charge in [-0.2, -0.15) is 0 Å². The van der Waals surface area contributed by atoms with Crippen molar-refractivity contribution < 1.29 is 4.79 Å². The van der Waals surface area contributed by atoms with E-state index >= 15 is 0 Å². The number of carbonyl (C=O) groups is 1. The van der Waals surface area contributed by atoms with Crippen molar-refractivity contribution >= 4 is 22.5 Å².